The molecule has 1 fully saturated rings. The fourth-order valence-electron chi connectivity index (χ4n) is 2.13. The molecule has 1 aromatic heterocycles. The first-order valence-corrected chi connectivity index (χ1v) is 7.74. The van der Waals surface area contributed by atoms with Gasteiger partial charge in [-0.25, -0.2) is 0 Å². The van der Waals surface area contributed by atoms with E-state index in [-0.39, 0.29) is 6.10 Å². The van der Waals surface area contributed by atoms with E-state index in [1.54, 1.807) is 6.20 Å². The molecule has 0 amide bonds. The Hall–Kier alpha value is -0.940. The second kappa shape index (κ2) is 5.80. The predicted octanol–water partition coefficient (Wildman–Crippen LogP) is 1.71. The number of pyridine rings is 1. The Bertz CT molecular complexity index is 457. The maximum Gasteiger partial charge on any atom is 0.0691 e. The van der Waals surface area contributed by atoms with Crippen LogP contribution in [0.25, 0.3) is 0 Å². The zero-order chi connectivity index (χ0) is 13.1. The molecule has 2 heterocycles. The molecule has 2 rings (SSSR count). The Morgan fingerprint density at radius 2 is 2.33 bits per heavy atom. The molecule has 0 radical (unpaired) electrons. The largest absolute Gasteiger partial charge is 0.398 e. The average Bonchev–Trinajstić information content (AvgIpc) is 2.83. The van der Waals surface area contributed by atoms with Crippen molar-refractivity contribution in [2.24, 2.45) is 0 Å². The van der Waals surface area contributed by atoms with Crippen LogP contribution in [0.2, 0.25) is 0 Å². The number of nitrogens with two attached hydrogens (primary N) is 1. The van der Waals surface area contributed by atoms with Gasteiger partial charge in [0.05, 0.1) is 23.3 Å². The number of aromatic nitrogens is 1. The van der Waals surface area contributed by atoms with Gasteiger partial charge in [0.2, 0.25) is 0 Å². The van der Waals surface area contributed by atoms with Crippen molar-refractivity contribution in [2.75, 3.05) is 18.1 Å². The van der Waals surface area contributed by atoms with Crippen LogP contribution in [0, 0.1) is 13.8 Å². The lowest BCUT2D eigenvalue weighted by Crippen LogP contribution is -2.17. The molecule has 2 N–H and O–H groups in total. The topological polar surface area (TPSA) is 65.2 Å². The second-order valence-electron chi connectivity index (χ2n) is 4.81. The number of ether oxygens (including phenoxy) is 1. The molecule has 1 aliphatic rings. The van der Waals surface area contributed by atoms with E-state index in [9.17, 15) is 4.21 Å². The van der Waals surface area contributed by atoms with E-state index in [1.165, 1.54) is 0 Å². The summed E-state index contributed by atoms with van der Waals surface area (Å²) in [7, 11) is -0.929. The molecule has 1 aromatic rings. The summed E-state index contributed by atoms with van der Waals surface area (Å²) < 4.78 is 17.6. The van der Waals surface area contributed by atoms with Crippen LogP contribution < -0.4 is 5.73 Å². The standard InChI is InChI=1S/C13H20N2O2S/c1-9-6-15-12(10(2)13(9)14)8-18(16)7-11-4-3-5-17-11/h6,11H,3-5,7-8H2,1-2H3,(H2,14,15). The molecule has 1 aliphatic heterocycles. The fourth-order valence-corrected chi connectivity index (χ4v) is 3.52. The summed E-state index contributed by atoms with van der Waals surface area (Å²) in [6.45, 7) is 4.67. The van der Waals surface area contributed by atoms with Crippen LogP contribution in [0.1, 0.15) is 29.7 Å². The van der Waals surface area contributed by atoms with Crippen molar-refractivity contribution in [3.8, 4) is 0 Å². The van der Waals surface area contributed by atoms with Crippen molar-refractivity contribution < 1.29 is 8.95 Å². The fraction of sp³-hybridized carbons (Fsp3) is 0.615. The highest BCUT2D eigenvalue weighted by molar-refractivity contribution is 7.84. The number of hydrogen-bond acceptors (Lipinski definition) is 4. The summed E-state index contributed by atoms with van der Waals surface area (Å²) in [5, 5.41) is 0. The Morgan fingerprint density at radius 3 is 3.00 bits per heavy atom. The van der Waals surface area contributed by atoms with Gasteiger partial charge in [0.15, 0.2) is 0 Å². The van der Waals surface area contributed by atoms with Gasteiger partial charge < -0.3 is 10.5 Å². The summed E-state index contributed by atoms with van der Waals surface area (Å²) >= 11 is 0. The van der Waals surface area contributed by atoms with Gasteiger partial charge >= 0.3 is 0 Å². The SMILES string of the molecule is Cc1cnc(CS(=O)CC2CCCO2)c(C)c1N. The normalized spacial score (nSPS) is 21.1. The lowest BCUT2D eigenvalue weighted by Gasteiger charge is -2.11. The van der Waals surface area contributed by atoms with Crippen molar-refractivity contribution in [2.45, 2.75) is 38.5 Å². The Balaban J connectivity index is 2.00. The number of nitrogens with zero attached hydrogens (tertiary/aromatic N) is 1. The molecule has 5 heteroatoms. The molecule has 0 bridgehead atoms. The van der Waals surface area contributed by atoms with E-state index >= 15 is 0 Å². The average molecular weight is 268 g/mol. The van der Waals surface area contributed by atoms with Gasteiger partial charge in [0.25, 0.3) is 0 Å². The zero-order valence-corrected chi connectivity index (χ0v) is 11.8. The van der Waals surface area contributed by atoms with Gasteiger partial charge in [-0.05, 0) is 37.8 Å². The molecular formula is C13H20N2O2S. The molecule has 0 aliphatic carbocycles. The smallest absolute Gasteiger partial charge is 0.0691 e. The Morgan fingerprint density at radius 1 is 1.56 bits per heavy atom. The van der Waals surface area contributed by atoms with Crippen LogP contribution >= 0.6 is 0 Å². The van der Waals surface area contributed by atoms with Gasteiger partial charge in [0.1, 0.15) is 0 Å². The molecule has 18 heavy (non-hydrogen) atoms. The molecular weight excluding hydrogens is 248 g/mol. The minimum Gasteiger partial charge on any atom is -0.398 e. The van der Waals surface area contributed by atoms with Gasteiger partial charge in [-0.3, -0.25) is 9.19 Å². The third-order valence-electron chi connectivity index (χ3n) is 3.37. The summed E-state index contributed by atoms with van der Waals surface area (Å²) in [6.07, 6.45) is 4.01. The van der Waals surface area contributed by atoms with Gasteiger partial charge in [-0.1, -0.05) is 0 Å². The van der Waals surface area contributed by atoms with Crippen LogP contribution in [-0.2, 0) is 21.3 Å². The van der Waals surface area contributed by atoms with E-state index < -0.39 is 10.8 Å². The first kappa shape index (κ1) is 13.5. The van der Waals surface area contributed by atoms with Gasteiger partial charge in [0, 0.05) is 29.3 Å². The molecule has 0 saturated carbocycles. The maximum atomic E-state index is 12.1. The van der Waals surface area contributed by atoms with Gasteiger partial charge in [-0.15, -0.1) is 0 Å². The molecule has 100 valence electrons. The van der Waals surface area contributed by atoms with Crippen molar-refractivity contribution in [3.63, 3.8) is 0 Å². The van der Waals surface area contributed by atoms with E-state index in [1.807, 2.05) is 13.8 Å². The molecule has 0 aromatic carbocycles. The number of rotatable bonds is 4. The lowest BCUT2D eigenvalue weighted by molar-refractivity contribution is 0.128. The molecule has 2 unspecified atom stereocenters. The summed E-state index contributed by atoms with van der Waals surface area (Å²) in [5.41, 5.74) is 9.49. The van der Waals surface area contributed by atoms with E-state index in [0.717, 1.165) is 42.0 Å². The number of nitrogen functional groups attached to an aromatic ring is 1. The van der Waals surface area contributed by atoms with Gasteiger partial charge in [-0.2, -0.15) is 0 Å². The first-order chi connectivity index (χ1) is 8.58. The minimum absolute atomic E-state index is 0.161. The van der Waals surface area contributed by atoms with Crippen molar-refractivity contribution in [1.82, 2.24) is 4.98 Å². The lowest BCUT2D eigenvalue weighted by atomic mass is 10.1. The monoisotopic (exact) mass is 268 g/mol. The number of hydrogen-bond donors (Lipinski definition) is 1. The quantitative estimate of drug-likeness (QED) is 0.903. The van der Waals surface area contributed by atoms with Crippen LogP contribution in [0.4, 0.5) is 5.69 Å². The maximum absolute atomic E-state index is 12.1. The zero-order valence-electron chi connectivity index (χ0n) is 10.9. The third-order valence-corrected chi connectivity index (χ3v) is 4.71. The third kappa shape index (κ3) is 3.09. The van der Waals surface area contributed by atoms with E-state index in [2.05, 4.69) is 4.98 Å². The van der Waals surface area contributed by atoms with Crippen molar-refractivity contribution in [1.29, 1.82) is 0 Å². The summed E-state index contributed by atoms with van der Waals surface area (Å²) in [6, 6.07) is 0. The second-order valence-corrected chi connectivity index (χ2v) is 6.31. The summed E-state index contributed by atoms with van der Waals surface area (Å²) in [4.78, 5) is 4.34. The number of aryl methyl sites for hydroxylation is 1. The summed E-state index contributed by atoms with van der Waals surface area (Å²) in [5.74, 6) is 1.07. The van der Waals surface area contributed by atoms with Crippen molar-refractivity contribution >= 4 is 16.5 Å². The predicted molar refractivity (Wildman–Crippen MR) is 73.8 cm³/mol. The molecule has 1 saturated heterocycles. The number of anilines is 1. The first-order valence-electron chi connectivity index (χ1n) is 6.25. The van der Waals surface area contributed by atoms with E-state index in [0.29, 0.717) is 11.5 Å². The Labute approximate surface area is 110 Å². The van der Waals surface area contributed by atoms with Crippen LogP contribution in [0.3, 0.4) is 0 Å². The minimum atomic E-state index is -0.929. The van der Waals surface area contributed by atoms with Crippen LogP contribution in [0.15, 0.2) is 6.20 Å². The highest BCUT2D eigenvalue weighted by Gasteiger charge is 2.19. The molecule has 4 nitrogen and oxygen atoms in total. The highest BCUT2D eigenvalue weighted by atomic mass is 32.2. The highest BCUT2D eigenvalue weighted by Crippen LogP contribution is 2.20. The molecule has 2 atom stereocenters. The molecule has 0 spiro atoms. The van der Waals surface area contributed by atoms with E-state index in [4.69, 9.17) is 10.5 Å². The van der Waals surface area contributed by atoms with Crippen LogP contribution in [0.5, 0.6) is 0 Å². The van der Waals surface area contributed by atoms with Crippen LogP contribution in [-0.4, -0.2) is 27.7 Å². The van der Waals surface area contributed by atoms with Crippen molar-refractivity contribution in [3.05, 3.63) is 23.0 Å². The Kier molecular flexibility index (Phi) is 4.35.